The highest BCUT2D eigenvalue weighted by molar-refractivity contribution is 6.30. The third-order valence-electron chi connectivity index (χ3n) is 3.31. The highest BCUT2D eigenvalue weighted by atomic mass is 35.5. The van der Waals surface area contributed by atoms with Crippen molar-refractivity contribution in [2.45, 2.75) is 6.54 Å². The molecule has 3 heterocycles. The maximum absolute atomic E-state index is 14.4. The summed E-state index contributed by atoms with van der Waals surface area (Å²) in [6.07, 6.45) is 2.82. The van der Waals surface area contributed by atoms with Crippen LogP contribution in [-0.4, -0.2) is 38.4 Å². The number of furan rings is 1. The number of nitrogens with zero attached hydrogens (tertiary/aromatic N) is 3. The average molecular weight is 338 g/mol. The van der Waals surface area contributed by atoms with Gasteiger partial charge in [-0.05, 0) is 24.3 Å². The highest BCUT2D eigenvalue weighted by Crippen LogP contribution is 2.18. The van der Waals surface area contributed by atoms with Crippen molar-refractivity contribution in [2.75, 3.05) is 13.2 Å². The molecule has 0 fully saturated rings. The number of aliphatic hydroxyl groups excluding tert-OH is 1. The Labute approximate surface area is 135 Å². The molecule has 0 aliphatic heterocycles. The zero-order chi connectivity index (χ0) is 16.4. The minimum atomic E-state index is -0.796. The van der Waals surface area contributed by atoms with Gasteiger partial charge in [0.1, 0.15) is 11.4 Å². The molecular weight excluding hydrogens is 325 g/mol. The lowest BCUT2D eigenvalue weighted by atomic mass is 10.3. The number of halogens is 2. The summed E-state index contributed by atoms with van der Waals surface area (Å²) in [5.41, 5.74) is -0.0514. The zero-order valence-electron chi connectivity index (χ0n) is 11.9. The van der Waals surface area contributed by atoms with E-state index in [4.69, 9.17) is 21.1 Å². The van der Waals surface area contributed by atoms with E-state index >= 15 is 0 Å². The van der Waals surface area contributed by atoms with Gasteiger partial charge in [-0.2, -0.15) is 4.39 Å². The van der Waals surface area contributed by atoms with E-state index in [0.717, 1.165) is 4.40 Å². The number of rotatable bonds is 5. The zero-order valence-corrected chi connectivity index (χ0v) is 12.7. The van der Waals surface area contributed by atoms with Gasteiger partial charge in [-0.1, -0.05) is 11.6 Å². The molecule has 8 heteroatoms. The maximum Gasteiger partial charge on any atom is 0.277 e. The third-order valence-corrected chi connectivity index (χ3v) is 3.53. The SMILES string of the molecule is O=C(c1nc2ccc(Cl)cn2c1F)N(CCO)Cc1ccco1. The van der Waals surface area contributed by atoms with Crippen LogP contribution in [0.15, 0.2) is 41.1 Å². The topological polar surface area (TPSA) is 71.0 Å². The molecule has 3 aromatic heterocycles. The fourth-order valence-corrected chi connectivity index (χ4v) is 2.40. The van der Waals surface area contributed by atoms with Crippen molar-refractivity contribution in [3.05, 3.63) is 59.1 Å². The van der Waals surface area contributed by atoms with E-state index < -0.39 is 11.9 Å². The van der Waals surface area contributed by atoms with Crippen molar-refractivity contribution >= 4 is 23.2 Å². The van der Waals surface area contributed by atoms with Crippen molar-refractivity contribution in [2.24, 2.45) is 0 Å². The van der Waals surface area contributed by atoms with Crippen LogP contribution in [0.25, 0.3) is 5.65 Å². The minimum Gasteiger partial charge on any atom is -0.467 e. The second-order valence-corrected chi connectivity index (χ2v) is 5.29. The quantitative estimate of drug-likeness (QED) is 0.776. The van der Waals surface area contributed by atoms with Gasteiger partial charge in [-0.3, -0.25) is 9.20 Å². The molecule has 3 aromatic rings. The van der Waals surface area contributed by atoms with Crippen LogP contribution in [0.1, 0.15) is 16.2 Å². The van der Waals surface area contributed by atoms with E-state index in [1.54, 1.807) is 18.2 Å². The molecule has 0 radical (unpaired) electrons. The monoisotopic (exact) mass is 337 g/mol. The van der Waals surface area contributed by atoms with Crippen molar-refractivity contribution < 1.29 is 18.7 Å². The molecule has 6 nitrogen and oxygen atoms in total. The molecular formula is C15H13ClFN3O3. The van der Waals surface area contributed by atoms with Gasteiger partial charge in [0, 0.05) is 12.7 Å². The van der Waals surface area contributed by atoms with Crippen molar-refractivity contribution in [1.82, 2.24) is 14.3 Å². The number of hydrogen-bond donors (Lipinski definition) is 1. The number of hydrogen-bond acceptors (Lipinski definition) is 4. The Hall–Kier alpha value is -2.38. The average Bonchev–Trinajstić information content (AvgIpc) is 3.15. The fourth-order valence-electron chi connectivity index (χ4n) is 2.24. The van der Waals surface area contributed by atoms with E-state index in [1.807, 2.05) is 0 Å². The van der Waals surface area contributed by atoms with Crippen LogP contribution >= 0.6 is 11.6 Å². The Morgan fingerprint density at radius 3 is 2.96 bits per heavy atom. The van der Waals surface area contributed by atoms with Crippen LogP contribution in [0.5, 0.6) is 0 Å². The van der Waals surface area contributed by atoms with Crippen LogP contribution in [0.4, 0.5) is 4.39 Å². The van der Waals surface area contributed by atoms with Crippen LogP contribution in [0.3, 0.4) is 0 Å². The van der Waals surface area contributed by atoms with Gasteiger partial charge in [0.15, 0.2) is 5.69 Å². The number of aromatic nitrogens is 2. The molecule has 0 aliphatic carbocycles. The Kier molecular flexibility index (Phi) is 4.31. The standard InChI is InChI=1S/C15H13ClFN3O3/c16-10-3-4-12-18-13(14(17)20(12)8-10)15(22)19(5-6-21)9-11-2-1-7-23-11/h1-4,7-8,21H,5-6,9H2. The predicted octanol–water partition coefficient (Wildman–Crippen LogP) is 2.35. The maximum atomic E-state index is 14.4. The molecule has 0 spiro atoms. The summed E-state index contributed by atoms with van der Waals surface area (Å²) in [4.78, 5) is 17.8. The number of pyridine rings is 1. The summed E-state index contributed by atoms with van der Waals surface area (Å²) < 4.78 is 20.7. The smallest absolute Gasteiger partial charge is 0.277 e. The van der Waals surface area contributed by atoms with Gasteiger partial charge in [0.2, 0.25) is 5.95 Å². The summed E-state index contributed by atoms with van der Waals surface area (Å²) in [7, 11) is 0. The van der Waals surface area contributed by atoms with Gasteiger partial charge in [0.25, 0.3) is 5.91 Å². The molecule has 0 aliphatic rings. The molecule has 120 valence electrons. The lowest BCUT2D eigenvalue weighted by Crippen LogP contribution is -2.33. The molecule has 0 atom stereocenters. The van der Waals surface area contributed by atoms with Crippen molar-refractivity contribution in [3.8, 4) is 0 Å². The second-order valence-electron chi connectivity index (χ2n) is 4.86. The number of fused-ring (bicyclic) bond motifs is 1. The predicted molar refractivity (Wildman–Crippen MR) is 80.7 cm³/mol. The highest BCUT2D eigenvalue weighted by Gasteiger charge is 2.25. The van der Waals surface area contributed by atoms with E-state index in [9.17, 15) is 9.18 Å². The number of amides is 1. The second kappa shape index (κ2) is 6.39. The summed E-state index contributed by atoms with van der Waals surface area (Å²) >= 11 is 5.83. The van der Waals surface area contributed by atoms with E-state index in [1.165, 1.54) is 23.4 Å². The van der Waals surface area contributed by atoms with Crippen molar-refractivity contribution in [1.29, 1.82) is 0 Å². The Balaban J connectivity index is 1.94. The van der Waals surface area contributed by atoms with Gasteiger partial charge in [-0.15, -0.1) is 0 Å². The van der Waals surface area contributed by atoms with Crippen LogP contribution < -0.4 is 0 Å². The van der Waals surface area contributed by atoms with Gasteiger partial charge in [-0.25, -0.2) is 4.98 Å². The molecule has 23 heavy (non-hydrogen) atoms. The fraction of sp³-hybridized carbons (Fsp3) is 0.200. The minimum absolute atomic E-state index is 0.0353. The van der Waals surface area contributed by atoms with Gasteiger partial charge in [0.05, 0.1) is 24.4 Å². The molecule has 0 saturated heterocycles. The Bertz CT molecular complexity index is 832. The first-order chi connectivity index (χ1) is 11.1. The van der Waals surface area contributed by atoms with Gasteiger partial charge < -0.3 is 14.4 Å². The van der Waals surface area contributed by atoms with Crippen LogP contribution in [0.2, 0.25) is 5.02 Å². The molecule has 0 bridgehead atoms. The summed E-state index contributed by atoms with van der Waals surface area (Å²) in [5.74, 6) is -0.901. The molecule has 1 N–H and O–H groups in total. The summed E-state index contributed by atoms with van der Waals surface area (Å²) in [5, 5.41) is 9.47. The summed E-state index contributed by atoms with van der Waals surface area (Å²) in [6, 6.07) is 6.46. The Morgan fingerprint density at radius 1 is 1.43 bits per heavy atom. The molecule has 3 rings (SSSR count). The molecule has 0 aromatic carbocycles. The molecule has 0 saturated carbocycles. The number of aliphatic hydroxyl groups is 1. The van der Waals surface area contributed by atoms with E-state index in [-0.39, 0.29) is 31.0 Å². The first-order valence-corrected chi connectivity index (χ1v) is 7.23. The number of carbonyl (C=O) groups excluding carboxylic acids is 1. The third kappa shape index (κ3) is 3.06. The van der Waals surface area contributed by atoms with Gasteiger partial charge >= 0.3 is 0 Å². The first-order valence-electron chi connectivity index (χ1n) is 6.86. The molecule has 1 amide bonds. The largest absolute Gasteiger partial charge is 0.467 e. The number of imidazole rings is 1. The Morgan fingerprint density at radius 2 is 2.26 bits per heavy atom. The first kappa shape index (κ1) is 15.5. The van der Waals surface area contributed by atoms with E-state index in [2.05, 4.69) is 4.98 Å². The van der Waals surface area contributed by atoms with Crippen LogP contribution in [0, 0.1) is 5.95 Å². The molecule has 0 unspecified atom stereocenters. The normalized spacial score (nSPS) is 11.1. The van der Waals surface area contributed by atoms with E-state index in [0.29, 0.717) is 10.8 Å². The lowest BCUT2D eigenvalue weighted by Gasteiger charge is -2.19. The van der Waals surface area contributed by atoms with Crippen LogP contribution in [-0.2, 0) is 6.54 Å². The number of carbonyl (C=O) groups is 1. The summed E-state index contributed by atoms with van der Waals surface area (Å²) in [6.45, 7) is -0.110. The lowest BCUT2D eigenvalue weighted by molar-refractivity contribution is 0.0684. The van der Waals surface area contributed by atoms with Crippen molar-refractivity contribution in [3.63, 3.8) is 0 Å².